The molecule has 14 heteroatoms. The molecule has 1 amide bonds. The van der Waals surface area contributed by atoms with Gasteiger partial charge in [-0.3, -0.25) is 0 Å². The first-order valence-corrected chi connectivity index (χ1v) is 15.2. The van der Waals surface area contributed by atoms with Crippen molar-refractivity contribution in [2.24, 2.45) is 11.3 Å². The molecule has 3 saturated heterocycles. The van der Waals surface area contributed by atoms with Gasteiger partial charge < -0.3 is 44.3 Å². The lowest BCUT2D eigenvalue weighted by Crippen LogP contribution is -2.54. The molecule has 228 valence electrons. The van der Waals surface area contributed by atoms with Crippen LogP contribution >= 0.6 is 11.8 Å². The largest absolute Gasteiger partial charge is 0.486 e. The van der Waals surface area contributed by atoms with Crippen LogP contribution in [-0.4, -0.2) is 103 Å². The summed E-state index contributed by atoms with van der Waals surface area (Å²) in [5.74, 6) is 2.62. The topological polar surface area (TPSA) is 152 Å². The van der Waals surface area contributed by atoms with Crippen LogP contribution in [-0.2, 0) is 20.8 Å². The van der Waals surface area contributed by atoms with Crippen molar-refractivity contribution in [1.29, 1.82) is 0 Å². The van der Waals surface area contributed by atoms with Gasteiger partial charge in [-0.2, -0.15) is 0 Å². The Morgan fingerprint density at radius 1 is 1.29 bits per heavy atom. The molecular formula is C28H38N6O7S. The number of nitrogens with one attached hydrogen (secondary N) is 1. The number of pyridine rings is 1. The lowest BCUT2D eigenvalue weighted by Gasteiger charge is -2.42. The first-order valence-electron chi connectivity index (χ1n) is 14.4. The van der Waals surface area contributed by atoms with Gasteiger partial charge in [0.25, 0.3) is 0 Å². The van der Waals surface area contributed by atoms with E-state index in [1.807, 2.05) is 13.0 Å². The van der Waals surface area contributed by atoms with E-state index in [9.17, 15) is 15.0 Å². The number of anilines is 2. The number of piperidine rings is 1. The summed E-state index contributed by atoms with van der Waals surface area (Å²) in [7, 11) is 1.62. The summed E-state index contributed by atoms with van der Waals surface area (Å²) in [5.41, 5.74) is 0.261. The molecule has 3 N–H and O–H groups in total. The number of carbonyl (C=O) groups is 1. The van der Waals surface area contributed by atoms with Gasteiger partial charge >= 0.3 is 6.09 Å². The average molecular weight is 603 g/mol. The normalized spacial score (nSPS) is 26.2. The first kappa shape index (κ1) is 29.2. The van der Waals surface area contributed by atoms with Gasteiger partial charge in [0.2, 0.25) is 0 Å². The van der Waals surface area contributed by atoms with E-state index in [1.165, 1.54) is 11.8 Å². The molecule has 4 aliphatic rings. The molecule has 0 saturated carbocycles. The number of amides is 1. The highest BCUT2D eigenvalue weighted by molar-refractivity contribution is 7.99. The van der Waals surface area contributed by atoms with Crippen LogP contribution in [0.2, 0.25) is 0 Å². The van der Waals surface area contributed by atoms with Gasteiger partial charge in [-0.05, 0) is 32.3 Å². The van der Waals surface area contributed by atoms with Crippen molar-refractivity contribution >= 4 is 29.5 Å². The maximum Gasteiger partial charge on any atom is 0.404 e. The van der Waals surface area contributed by atoms with Gasteiger partial charge in [-0.25, -0.2) is 19.7 Å². The van der Waals surface area contributed by atoms with Crippen LogP contribution < -0.4 is 19.9 Å². The number of aromatic nitrogens is 3. The third kappa shape index (κ3) is 5.70. The third-order valence-electron chi connectivity index (χ3n) is 8.86. The fourth-order valence-corrected chi connectivity index (χ4v) is 7.67. The van der Waals surface area contributed by atoms with Crippen molar-refractivity contribution in [3.8, 4) is 5.75 Å². The van der Waals surface area contributed by atoms with Gasteiger partial charge in [0, 0.05) is 44.3 Å². The van der Waals surface area contributed by atoms with Crippen molar-refractivity contribution in [3.05, 3.63) is 24.2 Å². The number of hydrogen-bond donors (Lipinski definition) is 3. The van der Waals surface area contributed by atoms with Crippen molar-refractivity contribution in [3.63, 3.8) is 0 Å². The molecule has 42 heavy (non-hydrogen) atoms. The van der Waals surface area contributed by atoms with Crippen molar-refractivity contribution in [2.75, 3.05) is 63.2 Å². The van der Waals surface area contributed by atoms with Crippen molar-refractivity contribution in [2.45, 2.75) is 60.9 Å². The Kier molecular flexibility index (Phi) is 8.59. The molecule has 0 unspecified atom stereocenters. The minimum atomic E-state index is -1.03. The number of ether oxygens (including phenoxy) is 4. The van der Waals surface area contributed by atoms with E-state index in [4.69, 9.17) is 28.9 Å². The Hall–Kier alpha value is -2.91. The third-order valence-corrected chi connectivity index (χ3v) is 9.81. The molecule has 0 radical (unpaired) electrons. The van der Waals surface area contributed by atoms with Crippen LogP contribution in [0.5, 0.6) is 5.75 Å². The molecule has 0 aromatic carbocycles. The number of aliphatic hydroxyl groups is 1. The molecule has 6 rings (SSSR count). The highest BCUT2D eigenvalue weighted by Gasteiger charge is 2.50. The fourth-order valence-electron chi connectivity index (χ4n) is 6.81. The van der Waals surface area contributed by atoms with E-state index >= 15 is 0 Å². The minimum Gasteiger partial charge on any atom is -0.486 e. The highest BCUT2D eigenvalue weighted by Crippen LogP contribution is 2.46. The quantitative estimate of drug-likeness (QED) is 0.285. The summed E-state index contributed by atoms with van der Waals surface area (Å²) >= 11 is 1.44. The van der Waals surface area contributed by atoms with E-state index in [0.717, 1.165) is 42.3 Å². The number of aliphatic hydroxyl groups excluding tert-OH is 1. The van der Waals surface area contributed by atoms with E-state index in [2.05, 4.69) is 20.1 Å². The molecule has 0 aliphatic carbocycles. The van der Waals surface area contributed by atoms with Gasteiger partial charge in [0.1, 0.15) is 24.1 Å². The molecule has 6 heterocycles. The zero-order valence-electron chi connectivity index (χ0n) is 23.9. The molecule has 2 aromatic heterocycles. The van der Waals surface area contributed by atoms with E-state index in [0.29, 0.717) is 62.2 Å². The maximum atomic E-state index is 11.4. The number of nitrogens with zero attached hydrogens (tertiary/aromatic N) is 5. The number of carboxylic acid groups (broad SMARTS) is 1. The second-order valence-corrected chi connectivity index (χ2v) is 12.6. The highest BCUT2D eigenvalue weighted by atomic mass is 32.2. The van der Waals surface area contributed by atoms with Crippen molar-refractivity contribution in [1.82, 2.24) is 20.3 Å². The lowest BCUT2D eigenvalue weighted by atomic mass is 9.73. The molecular weight excluding hydrogens is 564 g/mol. The van der Waals surface area contributed by atoms with E-state index in [-0.39, 0.29) is 30.2 Å². The lowest BCUT2D eigenvalue weighted by molar-refractivity contribution is -0.0414. The molecule has 4 atom stereocenters. The Morgan fingerprint density at radius 3 is 2.88 bits per heavy atom. The Labute approximate surface area is 248 Å². The molecule has 1 spiro atoms. The summed E-state index contributed by atoms with van der Waals surface area (Å²) in [5, 5.41) is 22.9. The molecule has 13 nitrogen and oxygen atoms in total. The predicted molar refractivity (Wildman–Crippen MR) is 153 cm³/mol. The predicted octanol–water partition coefficient (Wildman–Crippen LogP) is 2.36. The van der Waals surface area contributed by atoms with Gasteiger partial charge in [0.05, 0.1) is 49.1 Å². The Bertz CT molecular complexity index is 1280. The van der Waals surface area contributed by atoms with Crippen LogP contribution in [0.1, 0.15) is 31.9 Å². The van der Waals surface area contributed by atoms with Crippen LogP contribution in [0.3, 0.4) is 0 Å². The van der Waals surface area contributed by atoms with E-state index in [1.54, 1.807) is 19.5 Å². The second kappa shape index (κ2) is 12.4. The SMILES string of the molecule is COCOC[C@H]1C[C@H]2COc3c(Sc4cnc(N5CCC6(CC5)CO[C@@H](C)[C@H]6NC(=O)O)c(CO)n4)ccnc3N2C1. The summed E-state index contributed by atoms with van der Waals surface area (Å²) in [6.07, 6.45) is 4.81. The standard InChI is InChI=1S/C28H38N6O7S/c1-17-24(32-27(36)37)28(15-41-17)4-7-33(8-5-28)25-20(12-35)31-22(10-30-25)42-21-3-6-29-26-23(21)40-14-19-9-18(11-34(19)26)13-39-16-38-2/h3,6,10,17-19,24,32,35H,4-5,7-9,11-16H2,1-2H3,(H,36,37)/t17-,18-,19-,24+/m0/s1. The fraction of sp³-hybridized carbons (Fsp3) is 0.643. The zero-order valence-corrected chi connectivity index (χ0v) is 24.7. The summed E-state index contributed by atoms with van der Waals surface area (Å²) in [4.78, 5) is 30.9. The smallest absolute Gasteiger partial charge is 0.404 e. The Morgan fingerprint density at radius 2 is 2.12 bits per heavy atom. The summed E-state index contributed by atoms with van der Waals surface area (Å²) in [6, 6.07) is 1.93. The van der Waals surface area contributed by atoms with Crippen LogP contribution in [0.15, 0.2) is 28.4 Å². The van der Waals surface area contributed by atoms with Crippen LogP contribution in [0.4, 0.5) is 16.4 Å². The van der Waals surface area contributed by atoms with Gasteiger partial charge in [-0.1, -0.05) is 11.8 Å². The summed E-state index contributed by atoms with van der Waals surface area (Å²) in [6.45, 7) is 5.91. The molecule has 0 bridgehead atoms. The maximum absolute atomic E-state index is 11.4. The molecule has 4 aliphatic heterocycles. The van der Waals surface area contributed by atoms with E-state index < -0.39 is 6.09 Å². The minimum absolute atomic E-state index is 0.174. The zero-order chi connectivity index (χ0) is 29.3. The van der Waals surface area contributed by atoms with Gasteiger partial charge in [0.15, 0.2) is 17.4 Å². The number of rotatable bonds is 9. The summed E-state index contributed by atoms with van der Waals surface area (Å²) < 4.78 is 22.7. The first-order chi connectivity index (χ1) is 20.4. The molecule has 2 aromatic rings. The Balaban J connectivity index is 1.14. The van der Waals surface area contributed by atoms with Crippen LogP contribution in [0.25, 0.3) is 0 Å². The van der Waals surface area contributed by atoms with Gasteiger partial charge in [-0.15, -0.1) is 0 Å². The molecule has 3 fully saturated rings. The van der Waals surface area contributed by atoms with Crippen molar-refractivity contribution < 1.29 is 34.0 Å². The monoisotopic (exact) mass is 602 g/mol. The number of hydrogen-bond acceptors (Lipinski definition) is 12. The number of methoxy groups -OCH3 is 1. The second-order valence-electron chi connectivity index (χ2n) is 11.5. The average Bonchev–Trinajstić information content (AvgIpc) is 3.55. The van der Waals surface area contributed by atoms with Crippen LogP contribution in [0, 0.1) is 11.3 Å². The number of fused-ring (bicyclic) bond motifs is 3.